The van der Waals surface area contributed by atoms with Crippen LogP contribution in [0.2, 0.25) is 0 Å². The minimum atomic E-state index is 0.156. The maximum atomic E-state index is 7.97. The van der Waals surface area contributed by atoms with E-state index >= 15 is 0 Å². The van der Waals surface area contributed by atoms with Crippen LogP contribution in [0.1, 0.15) is 6.42 Å². The fraction of sp³-hybridized carbons (Fsp3) is 0.500. The first-order valence-electron chi connectivity index (χ1n) is 1.63. The Kier molecular flexibility index (Phi) is 3.70. The van der Waals surface area contributed by atoms with Gasteiger partial charge in [0.05, 0.1) is 20.0 Å². The molecule has 0 aliphatic carbocycles. The van der Waals surface area contributed by atoms with E-state index in [4.69, 9.17) is 5.11 Å². The highest BCUT2D eigenvalue weighted by Crippen LogP contribution is 1.75. The van der Waals surface area contributed by atoms with E-state index in [2.05, 4.69) is 6.92 Å². The van der Waals surface area contributed by atoms with Crippen molar-refractivity contribution in [2.45, 2.75) is 6.42 Å². The smallest absolute Gasteiger partial charge is 0.0905 e. The first kappa shape index (κ1) is 4.83. The lowest BCUT2D eigenvalue weighted by Gasteiger charge is -1.73. The number of rotatable bonds is 2. The van der Waals surface area contributed by atoms with Crippen molar-refractivity contribution in [3.05, 3.63) is 13.3 Å². The number of aliphatic hydroxyl groups is 1. The van der Waals surface area contributed by atoms with Crippen molar-refractivity contribution >= 4 is 0 Å². The Labute approximate surface area is 32.6 Å². The topological polar surface area (TPSA) is 20.2 Å². The molecule has 5 heavy (non-hydrogen) atoms. The second kappa shape index (κ2) is 3.83. The Morgan fingerprint density at radius 3 is 2.40 bits per heavy atom. The van der Waals surface area contributed by atoms with Gasteiger partial charge in [0.2, 0.25) is 0 Å². The monoisotopic (exact) mass is 72.1 g/mol. The zero-order valence-corrected chi connectivity index (χ0v) is 3.15. The zero-order valence-electron chi connectivity index (χ0n) is 3.15. The Morgan fingerprint density at radius 1 is 1.80 bits per heavy atom. The van der Waals surface area contributed by atoms with E-state index in [1.165, 1.54) is 0 Å². The molecular weight excluding hydrogens is 64.0 g/mol. The number of unbranched alkanes of at least 4 members (excludes halogenated alkanes) is 1. The van der Waals surface area contributed by atoms with Crippen LogP contribution in [0.4, 0.5) is 0 Å². The van der Waals surface area contributed by atoms with E-state index in [0.717, 1.165) is 6.42 Å². The Morgan fingerprint density at radius 2 is 2.40 bits per heavy atom. The maximum Gasteiger partial charge on any atom is 0.0905 e. The third kappa shape index (κ3) is 3.83. The molecule has 1 N–H and O–H groups in total. The van der Waals surface area contributed by atoms with Crippen molar-refractivity contribution in [1.29, 1.82) is 0 Å². The summed E-state index contributed by atoms with van der Waals surface area (Å²) in [6.07, 6.45) is 2.41. The molecule has 0 saturated carbocycles. The largest absolute Gasteiger partial charge is 0.396 e. The lowest BCUT2D eigenvalue weighted by atomic mass is 10.4. The molecule has 0 spiro atoms. The lowest BCUT2D eigenvalue weighted by Crippen LogP contribution is -1.77. The molecule has 0 amide bonds. The van der Waals surface area contributed by atoms with E-state index < -0.39 is 0 Å². The molecule has 0 aromatic rings. The Balaban J connectivity index is 2.19. The van der Waals surface area contributed by atoms with Crippen LogP contribution in [0.3, 0.4) is 0 Å². The van der Waals surface area contributed by atoms with E-state index in [-0.39, 0.29) is 6.61 Å². The summed E-state index contributed by atoms with van der Waals surface area (Å²) in [7, 11) is 0. The molecule has 0 aliphatic rings. The van der Waals surface area contributed by atoms with Crippen molar-refractivity contribution in [3.63, 3.8) is 0 Å². The molecule has 29 valence electrons. The molecule has 0 bridgehead atoms. The van der Waals surface area contributed by atoms with E-state index in [0.29, 0.717) is 0 Å². The number of hydrogen-bond donors (Lipinski definition) is 1. The molecule has 0 aromatic heterocycles. The molecule has 0 unspecified atom stereocenters. The van der Waals surface area contributed by atoms with E-state index in [1.54, 1.807) is 6.42 Å². The predicted octanol–water partition coefficient (Wildman–Crippen LogP) is 0.407. The highest BCUT2D eigenvalue weighted by molar-refractivity contribution is 4.61. The van der Waals surface area contributed by atoms with Gasteiger partial charge >= 0.3 is 0 Å². The van der Waals surface area contributed by atoms with Crippen LogP contribution in [-0.4, -0.2) is 11.7 Å². The zero-order chi connectivity index (χ0) is 4.12. The second-order valence-electron chi connectivity index (χ2n) is 0.760. The predicted molar refractivity (Wildman–Crippen MR) is 21.4 cm³/mol. The third-order valence-electron chi connectivity index (χ3n) is 0.333. The first-order valence-corrected chi connectivity index (χ1v) is 1.63. The molecule has 0 fully saturated rings. The summed E-state index contributed by atoms with van der Waals surface area (Å²) < 4.78 is 0. The summed E-state index contributed by atoms with van der Waals surface area (Å²) >= 11 is 0. The van der Waals surface area contributed by atoms with Gasteiger partial charge in [-0.1, -0.05) is 0 Å². The van der Waals surface area contributed by atoms with Crippen molar-refractivity contribution in [2.75, 3.05) is 6.61 Å². The van der Waals surface area contributed by atoms with Crippen LogP contribution in [0.15, 0.2) is 0 Å². The Bertz CT molecular complexity index is 11.1. The van der Waals surface area contributed by atoms with E-state index in [1.807, 2.05) is 0 Å². The summed E-state index contributed by atoms with van der Waals surface area (Å²) in [5.41, 5.74) is 0. The van der Waals surface area contributed by atoms with Crippen molar-refractivity contribution in [2.24, 2.45) is 0 Å². The van der Waals surface area contributed by atoms with Gasteiger partial charge in [0.15, 0.2) is 0 Å². The lowest BCUT2D eigenvalue weighted by molar-refractivity contribution is 0.326. The van der Waals surface area contributed by atoms with Gasteiger partial charge in [-0.15, -0.1) is 0 Å². The van der Waals surface area contributed by atoms with Crippen LogP contribution in [0.25, 0.3) is 0 Å². The fourth-order valence-corrected chi connectivity index (χ4v) is 0.0913. The molecular formula is C4H8O+. The number of aliphatic hydroxyl groups excluding tert-OH is 1. The SMILES string of the molecule is [CH2+]C[CH]CO. The summed E-state index contributed by atoms with van der Waals surface area (Å²) in [5.74, 6) is 0. The van der Waals surface area contributed by atoms with Gasteiger partial charge in [0, 0.05) is 6.42 Å². The molecule has 0 aromatic carbocycles. The van der Waals surface area contributed by atoms with Crippen LogP contribution in [-0.2, 0) is 0 Å². The molecule has 1 radical (unpaired) electrons. The average molecular weight is 72.1 g/mol. The maximum absolute atomic E-state index is 7.97. The summed E-state index contributed by atoms with van der Waals surface area (Å²) in [6.45, 7) is 3.62. The van der Waals surface area contributed by atoms with Crippen molar-refractivity contribution in [3.8, 4) is 0 Å². The van der Waals surface area contributed by atoms with E-state index in [9.17, 15) is 0 Å². The standard InChI is InChI=1S/C4H8O/c1-2-3-4-5/h3,5H,1-2,4H2/q+1. The molecule has 0 saturated heterocycles. The van der Waals surface area contributed by atoms with Gasteiger partial charge in [0.25, 0.3) is 0 Å². The minimum Gasteiger partial charge on any atom is -0.396 e. The molecule has 0 heterocycles. The van der Waals surface area contributed by atoms with Gasteiger partial charge < -0.3 is 5.11 Å². The fourth-order valence-electron chi connectivity index (χ4n) is 0.0913. The van der Waals surface area contributed by atoms with Gasteiger partial charge in [-0.25, -0.2) is 0 Å². The van der Waals surface area contributed by atoms with Crippen LogP contribution < -0.4 is 0 Å². The quantitative estimate of drug-likeness (QED) is 0.468. The summed E-state index contributed by atoms with van der Waals surface area (Å²) in [4.78, 5) is 0. The Hall–Kier alpha value is -0.170. The van der Waals surface area contributed by atoms with Crippen molar-refractivity contribution in [1.82, 2.24) is 0 Å². The molecule has 0 aliphatic heterocycles. The summed E-state index contributed by atoms with van der Waals surface area (Å²) in [6, 6.07) is 0. The molecule has 1 nitrogen and oxygen atoms in total. The van der Waals surface area contributed by atoms with Crippen molar-refractivity contribution < 1.29 is 5.11 Å². The highest BCUT2D eigenvalue weighted by Gasteiger charge is 1.76. The van der Waals surface area contributed by atoms with Gasteiger partial charge in [-0.2, -0.15) is 0 Å². The van der Waals surface area contributed by atoms with Gasteiger partial charge in [0.1, 0.15) is 0 Å². The minimum absolute atomic E-state index is 0.156. The van der Waals surface area contributed by atoms with Gasteiger partial charge in [-0.3, -0.25) is 0 Å². The highest BCUT2D eigenvalue weighted by atomic mass is 16.2. The first-order chi connectivity index (χ1) is 2.41. The summed E-state index contributed by atoms with van der Waals surface area (Å²) in [5, 5.41) is 7.97. The van der Waals surface area contributed by atoms with Crippen LogP contribution >= 0.6 is 0 Å². The average Bonchev–Trinajstić information content (AvgIpc) is 1.41. The van der Waals surface area contributed by atoms with Gasteiger partial charge in [-0.05, 0) is 0 Å². The third-order valence-corrected chi connectivity index (χ3v) is 0.333. The molecule has 0 rings (SSSR count). The van der Waals surface area contributed by atoms with Crippen LogP contribution in [0.5, 0.6) is 0 Å². The molecule has 1 heteroatoms. The van der Waals surface area contributed by atoms with Crippen LogP contribution in [0, 0.1) is 13.3 Å². The molecule has 0 atom stereocenters. The normalized spacial score (nSPS) is 8.20. The second-order valence-corrected chi connectivity index (χ2v) is 0.760. The number of hydrogen-bond acceptors (Lipinski definition) is 1.